The highest BCUT2D eigenvalue weighted by Crippen LogP contribution is 2.39. The third kappa shape index (κ3) is 5.01. The number of carbonyl (C=O) groups is 1. The number of amides is 1. The molecule has 1 N–H and O–H groups in total. The first kappa shape index (κ1) is 26.9. The smallest absolute Gasteiger partial charge is 0.387 e. The third-order valence-corrected chi connectivity index (χ3v) is 6.86. The quantitative estimate of drug-likeness (QED) is 0.266. The largest absolute Gasteiger partial charge is 0.454 e. The van der Waals surface area contributed by atoms with E-state index in [1.165, 1.54) is 33.6 Å². The molecule has 0 unspecified atom stereocenters. The molecule has 12 nitrogen and oxygen atoms in total. The molecule has 214 valence electrons. The van der Waals surface area contributed by atoms with E-state index < -0.39 is 12.5 Å². The van der Waals surface area contributed by atoms with Crippen LogP contribution in [-0.4, -0.2) is 71.7 Å². The van der Waals surface area contributed by atoms with E-state index in [4.69, 9.17) is 15.9 Å². The fraction of sp³-hybridized carbons (Fsp3) is 0.250. The van der Waals surface area contributed by atoms with Gasteiger partial charge in [0.05, 0.1) is 35.4 Å². The van der Waals surface area contributed by atoms with Gasteiger partial charge in [0.15, 0.2) is 11.4 Å². The van der Waals surface area contributed by atoms with Gasteiger partial charge in [0.25, 0.3) is 5.91 Å². The summed E-state index contributed by atoms with van der Waals surface area (Å²) in [5.41, 5.74) is 0.894. The average Bonchev–Trinajstić information content (AvgIpc) is 3.67. The molecule has 1 fully saturated rings. The molecule has 1 aliphatic rings. The number of fused-ring (bicyclic) bond motifs is 1. The van der Waals surface area contributed by atoms with Crippen LogP contribution in [0.2, 0.25) is 0 Å². The number of anilines is 1. The fourth-order valence-electron chi connectivity index (χ4n) is 5.15. The van der Waals surface area contributed by atoms with E-state index >= 15 is 0 Å². The van der Waals surface area contributed by atoms with Gasteiger partial charge in [0, 0.05) is 45.1 Å². The van der Waals surface area contributed by atoms with Crippen LogP contribution in [0.1, 0.15) is 16.8 Å². The number of hydrogen-bond donors (Lipinski definition) is 1. The van der Waals surface area contributed by atoms with Gasteiger partial charge >= 0.3 is 6.61 Å². The van der Waals surface area contributed by atoms with Crippen LogP contribution < -0.4 is 14.8 Å². The number of ether oxygens (including phenoxy) is 2. The molecule has 0 spiro atoms. The molecule has 1 aromatic carbocycles. The lowest BCUT2D eigenvalue weighted by Crippen LogP contribution is -2.61. The zero-order valence-corrected chi connectivity index (χ0v) is 22.6. The zero-order chi connectivity index (χ0) is 29.4. The Bertz CT molecular complexity index is 1810. The van der Waals surface area contributed by atoms with Crippen molar-refractivity contribution in [2.45, 2.75) is 18.6 Å². The first-order valence-electron chi connectivity index (χ1n) is 12.8. The van der Waals surface area contributed by atoms with E-state index in [0.29, 0.717) is 23.6 Å². The van der Waals surface area contributed by atoms with Gasteiger partial charge in [0.1, 0.15) is 22.8 Å². The molecule has 1 amide bonds. The van der Waals surface area contributed by atoms with Crippen LogP contribution in [0.4, 0.5) is 14.5 Å². The number of rotatable bonds is 9. The maximum absolute atomic E-state index is 13.4. The predicted molar refractivity (Wildman–Crippen MR) is 147 cm³/mol. The summed E-state index contributed by atoms with van der Waals surface area (Å²) in [6, 6.07) is 6.06. The molecule has 5 heterocycles. The van der Waals surface area contributed by atoms with Gasteiger partial charge in [-0.3, -0.25) is 14.2 Å². The minimum atomic E-state index is -3.09. The lowest BCUT2D eigenvalue weighted by molar-refractivity contribution is -0.0494. The second kappa shape index (κ2) is 10.6. The Hall–Kier alpha value is -5.29. The lowest BCUT2D eigenvalue weighted by Gasteiger charge is -2.47. The van der Waals surface area contributed by atoms with Gasteiger partial charge in [0.2, 0.25) is 0 Å². The van der Waals surface area contributed by atoms with Crippen LogP contribution in [0.5, 0.6) is 17.2 Å². The lowest BCUT2D eigenvalue weighted by atomic mass is 9.87. The topological polar surface area (TPSA) is 117 Å². The van der Waals surface area contributed by atoms with Crippen molar-refractivity contribution >= 4 is 17.2 Å². The monoisotopic (exact) mass is 573 g/mol. The number of hydrogen-bond acceptors (Lipinski definition) is 8. The van der Waals surface area contributed by atoms with Crippen LogP contribution in [0.3, 0.4) is 0 Å². The second-order valence-electron chi connectivity index (χ2n) is 10.0. The van der Waals surface area contributed by atoms with Crippen molar-refractivity contribution in [3.8, 4) is 40.8 Å². The van der Waals surface area contributed by atoms with Crippen molar-refractivity contribution in [3.05, 3.63) is 67.0 Å². The Morgan fingerprint density at radius 3 is 2.79 bits per heavy atom. The van der Waals surface area contributed by atoms with Crippen molar-refractivity contribution in [1.29, 1.82) is 0 Å². The zero-order valence-electron chi connectivity index (χ0n) is 22.6. The molecular weight excluding hydrogens is 548 g/mol. The van der Waals surface area contributed by atoms with E-state index in [-0.39, 0.29) is 33.8 Å². The highest BCUT2D eigenvalue weighted by molar-refractivity contribution is 6.09. The maximum Gasteiger partial charge on any atom is 0.387 e. The molecule has 14 heteroatoms. The Kier molecular flexibility index (Phi) is 6.79. The Balaban J connectivity index is 1.31. The van der Waals surface area contributed by atoms with Crippen LogP contribution in [0, 0.1) is 12.3 Å². The molecule has 4 aromatic heterocycles. The number of likely N-dealkylation sites (tertiary alicyclic amines) is 1. The van der Waals surface area contributed by atoms with Crippen molar-refractivity contribution < 1.29 is 23.0 Å². The summed E-state index contributed by atoms with van der Waals surface area (Å²) >= 11 is 0. The van der Waals surface area contributed by atoms with E-state index in [9.17, 15) is 13.6 Å². The SMILES string of the molecule is C#CCC1(n2cc(Oc3ccc(OC(F)F)c(-c4nn(C)cc4NC(=O)c4cnn5cccnc45)c3)cn2)CN(C)C1. The average molecular weight is 574 g/mol. The number of likely N-dealkylation sites (N-methyl/N-ethyl adjacent to an activating group) is 1. The van der Waals surface area contributed by atoms with E-state index in [1.807, 2.05) is 7.05 Å². The summed E-state index contributed by atoms with van der Waals surface area (Å²) in [6.45, 7) is -1.59. The summed E-state index contributed by atoms with van der Waals surface area (Å²) in [5, 5.41) is 15.8. The van der Waals surface area contributed by atoms with Crippen molar-refractivity contribution in [2.24, 2.45) is 7.05 Å². The number of carbonyl (C=O) groups excluding carboxylic acids is 1. The number of aromatic nitrogens is 7. The molecule has 42 heavy (non-hydrogen) atoms. The fourth-order valence-corrected chi connectivity index (χ4v) is 5.15. The number of nitrogens with one attached hydrogen (secondary N) is 1. The highest BCUT2D eigenvalue weighted by atomic mass is 19.3. The van der Waals surface area contributed by atoms with Crippen LogP contribution in [0.15, 0.2) is 61.4 Å². The summed E-state index contributed by atoms with van der Waals surface area (Å²) in [5.74, 6) is 2.82. The minimum absolute atomic E-state index is 0.148. The normalized spacial score (nSPS) is 14.5. The Morgan fingerprint density at radius 2 is 2.02 bits per heavy atom. The Morgan fingerprint density at radius 1 is 1.19 bits per heavy atom. The number of alkyl halides is 2. The maximum atomic E-state index is 13.4. The number of benzene rings is 1. The first-order chi connectivity index (χ1) is 20.2. The molecular formula is C28H25F2N9O3. The summed E-state index contributed by atoms with van der Waals surface area (Å²) in [7, 11) is 3.64. The van der Waals surface area contributed by atoms with Gasteiger partial charge in [-0.25, -0.2) is 9.50 Å². The second-order valence-corrected chi connectivity index (χ2v) is 10.0. The molecule has 6 rings (SSSR count). The van der Waals surface area contributed by atoms with Crippen molar-refractivity contribution in [2.75, 3.05) is 25.5 Å². The molecule has 1 saturated heterocycles. The van der Waals surface area contributed by atoms with Crippen LogP contribution >= 0.6 is 0 Å². The first-order valence-corrected chi connectivity index (χ1v) is 12.8. The van der Waals surface area contributed by atoms with Gasteiger partial charge in [-0.2, -0.15) is 24.1 Å². The highest BCUT2D eigenvalue weighted by Gasteiger charge is 2.43. The third-order valence-electron chi connectivity index (χ3n) is 6.86. The molecule has 0 aliphatic carbocycles. The van der Waals surface area contributed by atoms with E-state index in [0.717, 1.165) is 13.1 Å². The van der Waals surface area contributed by atoms with Gasteiger partial charge < -0.3 is 19.7 Å². The molecule has 0 radical (unpaired) electrons. The molecule has 5 aromatic rings. The summed E-state index contributed by atoms with van der Waals surface area (Å²) in [4.78, 5) is 19.5. The van der Waals surface area contributed by atoms with Crippen LogP contribution in [0.25, 0.3) is 16.9 Å². The Labute approximate surface area is 238 Å². The minimum Gasteiger partial charge on any atom is -0.454 e. The molecule has 0 atom stereocenters. The van der Waals surface area contributed by atoms with Gasteiger partial charge in [-0.15, -0.1) is 12.3 Å². The van der Waals surface area contributed by atoms with Crippen molar-refractivity contribution in [3.63, 3.8) is 0 Å². The summed E-state index contributed by atoms with van der Waals surface area (Å²) < 4.78 is 42.3. The molecule has 0 saturated carbocycles. The van der Waals surface area contributed by atoms with Crippen LogP contribution in [-0.2, 0) is 12.6 Å². The van der Waals surface area contributed by atoms with Gasteiger partial charge in [-0.05, 0) is 31.3 Å². The van der Waals surface area contributed by atoms with E-state index in [1.54, 1.807) is 48.8 Å². The molecule has 1 aliphatic heterocycles. The predicted octanol–water partition coefficient (Wildman–Crippen LogP) is 3.64. The number of halogens is 2. The van der Waals surface area contributed by atoms with E-state index in [2.05, 4.69) is 36.4 Å². The molecule has 0 bridgehead atoms. The summed E-state index contributed by atoms with van der Waals surface area (Å²) in [6.07, 6.45) is 15.6. The number of terminal acetylenes is 1. The van der Waals surface area contributed by atoms with Gasteiger partial charge in [-0.1, -0.05) is 0 Å². The number of nitrogens with zero attached hydrogens (tertiary/aromatic N) is 8. The number of aryl methyl sites for hydroxylation is 1. The van der Waals surface area contributed by atoms with Crippen molar-refractivity contribution in [1.82, 2.24) is 39.1 Å². The standard InChI is InChI=1S/C28H25F2N9O3/c1-4-8-28(16-36(2)17-28)39-14-19(12-33-39)41-18-6-7-23(42-27(29)30)20(11-18)24-22(15-37(3)35-24)34-26(40)21-13-32-38-10-5-9-31-25(21)38/h1,5-7,9-15,27H,8,16-17H2,2-3H3,(H,34,40).